The van der Waals surface area contributed by atoms with Crippen molar-refractivity contribution in [3.63, 3.8) is 0 Å². The van der Waals surface area contributed by atoms with Crippen LogP contribution in [0.2, 0.25) is 0 Å². The third-order valence-corrected chi connectivity index (χ3v) is 13.5. The van der Waals surface area contributed by atoms with E-state index >= 15 is 0 Å². The molecular formula is C52H94N4O4S2. The van der Waals surface area contributed by atoms with E-state index in [9.17, 15) is 9.59 Å². The van der Waals surface area contributed by atoms with Crippen LogP contribution in [0.1, 0.15) is 217 Å². The van der Waals surface area contributed by atoms with Gasteiger partial charge in [0.1, 0.15) is 0 Å². The van der Waals surface area contributed by atoms with Gasteiger partial charge in [-0.3, -0.25) is 9.59 Å². The highest BCUT2D eigenvalue weighted by atomic mass is 33.1. The van der Waals surface area contributed by atoms with Crippen LogP contribution in [0.5, 0.6) is 11.5 Å². The fraction of sp³-hybridized carbons (Fsp3) is 0.769. The van der Waals surface area contributed by atoms with Crippen molar-refractivity contribution in [2.75, 3.05) is 44.4 Å². The van der Waals surface area contributed by atoms with Gasteiger partial charge in [0, 0.05) is 30.2 Å². The predicted octanol–water partition coefficient (Wildman–Crippen LogP) is 13.8. The quantitative estimate of drug-likeness (QED) is 0.0289. The van der Waals surface area contributed by atoms with Gasteiger partial charge >= 0.3 is 0 Å². The zero-order chi connectivity index (χ0) is 44.8. The van der Waals surface area contributed by atoms with Crippen LogP contribution in [-0.4, -0.2) is 62.2 Å². The first kappa shape index (κ1) is 57.9. The minimum Gasteiger partial charge on any atom is -0.490 e. The van der Waals surface area contributed by atoms with Crippen molar-refractivity contribution in [1.82, 2.24) is 10.6 Å². The number of allylic oxidation sites excluding steroid dienone is 4. The lowest BCUT2D eigenvalue weighted by Crippen LogP contribution is -2.41. The molecule has 1 atom stereocenters. The molecule has 0 saturated carbocycles. The van der Waals surface area contributed by atoms with E-state index in [4.69, 9.17) is 20.9 Å². The largest absolute Gasteiger partial charge is 0.490 e. The summed E-state index contributed by atoms with van der Waals surface area (Å²) in [6, 6.07) is 5.08. The van der Waals surface area contributed by atoms with Crippen molar-refractivity contribution in [2.45, 2.75) is 213 Å². The first-order valence-electron chi connectivity index (χ1n) is 25.5. The van der Waals surface area contributed by atoms with Gasteiger partial charge in [-0.25, -0.2) is 0 Å². The van der Waals surface area contributed by atoms with Crippen molar-refractivity contribution in [3.8, 4) is 11.5 Å². The van der Waals surface area contributed by atoms with Gasteiger partial charge in [0.25, 0.3) is 5.91 Å². The van der Waals surface area contributed by atoms with Gasteiger partial charge in [0.05, 0.1) is 19.3 Å². The molecule has 2 amide bonds. The average molecular weight is 903 g/mol. The molecule has 0 aliphatic carbocycles. The first-order valence-corrected chi connectivity index (χ1v) is 28.0. The van der Waals surface area contributed by atoms with Gasteiger partial charge in [-0.1, -0.05) is 175 Å². The molecule has 0 aliphatic rings. The SMILES string of the molecule is CCCCCCCC/C=C\CCCCCCCCOc1ccc(C(=O)NCCSSCCNC(=O)[C@@H](N)CCCN)cc1OCCCCCCCC/C=C\CCCCCCCC. The second-order valence-corrected chi connectivity index (χ2v) is 19.7. The van der Waals surface area contributed by atoms with Crippen LogP contribution in [0.4, 0.5) is 0 Å². The number of rotatable bonds is 46. The van der Waals surface area contributed by atoms with Crippen molar-refractivity contribution in [1.29, 1.82) is 0 Å². The molecule has 0 spiro atoms. The summed E-state index contributed by atoms with van der Waals surface area (Å²) >= 11 is 0. The molecule has 8 nitrogen and oxygen atoms in total. The highest BCUT2D eigenvalue weighted by Crippen LogP contribution is 2.29. The van der Waals surface area contributed by atoms with Crippen LogP contribution in [0.25, 0.3) is 0 Å². The molecule has 0 aromatic heterocycles. The molecule has 0 saturated heterocycles. The number of hydrogen-bond donors (Lipinski definition) is 4. The number of hydrogen-bond acceptors (Lipinski definition) is 8. The number of carbonyl (C=O) groups is 2. The van der Waals surface area contributed by atoms with Gasteiger partial charge in [-0.2, -0.15) is 0 Å². The fourth-order valence-electron chi connectivity index (χ4n) is 7.19. The fourth-order valence-corrected chi connectivity index (χ4v) is 9.00. The summed E-state index contributed by atoms with van der Waals surface area (Å²) in [4.78, 5) is 25.2. The summed E-state index contributed by atoms with van der Waals surface area (Å²) in [5.74, 6) is 2.67. The van der Waals surface area contributed by atoms with Crippen LogP contribution in [-0.2, 0) is 4.79 Å². The number of ether oxygens (including phenoxy) is 2. The maximum Gasteiger partial charge on any atom is 0.251 e. The summed E-state index contributed by atoms with van der Waals surface area (Å²) in [5, 5.41) is 5.93. The summed E-state index contributed by atoms with van der Waals surface area (Å²) in [6.45, 7) is 7.46. The van der Waals surface area contributed by atoms with E-state index in [1.807, 2.05) is 18.2 Å². The highest BCUT2D eigenvalue weighted by Gasteiger charge is 2.13. The monoisotopic (exact) mass is 903 g/mol. The van der Waals surface area contributed by atoms with Crippen LogP contribution < -0.4 is 31.6 Å². The van der Waals surface area contributed by atoms with E-state index in [1.54, 1.807) is 21.6 Å². The molecule has 0 unspecified atom stereocenters. The molecule has 62 heavy (non-hydrogen) atoms. The Hall–Kier alpha value is -2.14. The Bertz CT molecular complexity index is 1230. The lowest BCUT2D eigenvalue weighted by atomic mass is 10.1. The molecule has 10 heteroatoms. The minimum absolute atomic E-state index is 0.115. The molecule has 6 N–H and O–H groups in total. The molecule has 358 valence electrons. The lowest BCUT2D eigenvalue weighted by Gasteiger charge is -2.15. The second kappa shape index (κ2) is 45.4. The van der Waals surface area contributed by atoms with E-state index in [0.29, 0.717) is 50.6 Å². The molecule has 1 rings (SSSR count). The number of nitrogens with one attached hydrogen (secondary N) is 2. The Morgan fingerprint density at radius 3 is 1.45 bits per heavy atom. The average Bonchev–Trinajstić information content (AvgIpc) is 3.28. The molecule has 0 heterocycles. The topological polar surface area (TPSA) is 129 Å². The lowest BCUT2D eigenvalue weighted by molar-refractivity contribution is -0.122. The summed E-state index contributed by atoms with van der Waals surface area (Å²) in [7, 11) is 3.35. The Kier molecular flexibility index (Phi) is 42.4. The molecule has 0 fully saturated rings. The summed E-state index contributed by atoms with van der Waals surface area (Å²) in [6.07, 6.45) is 46.7. The van der Waals surface area contributed by atoms with Crippen LogP contribution >= 0.6 is 21.6 Å². The van der Waals surface area contributed by atoms with Gasteiger partial charge < -0.3 is 31.6 Å². The number of carbonyl (C=O) groups excluding carboxylic acids is 2. The van der Waals surface area contributed by atoms with Crippen LogP contribution in [0, 0.1) is 0 Å². The van der Waals surface area contributed by atoms with Crippen molar-refractivity contribution in [2.24, 2.45) is 11.5 Å². The third kappa shape index (κ3) is 36.2. The summed E-state index contributed by atoms with van der Waals surface area (Å²) < 4.78 is 12.5. The van der Waals surface area contributed by atoms with E-state index in [1.165, 1.54) is 154 Å². The number of amides is 2. The van der Waals surface area contributed by atoms with E-state index in [0.717, 1.165) is 49.4 Å². The Labute approximate surface area is 389 Å². The Morgan fingerprint density at radius 1 is 0.565 bits per heavy atom. The smallest absolute Gasteiger partial charge is 0.251 e. The van der Waals surface area contributed by atoms with E-state index in [2.05, 4.69) is 48.8 Å². The number of unbranched alkanes of at least 4 members (excludes halogenated alkanes) is 24. The van der Waals surface area contributed by atoms with Crippen LogP contribution in [0.15, 0.2) is 42.5 Å². The van der Waals surface area contributed by atoms with E-state index in [-0.39, 0.29) is 11.8 Å². The minimum atomic E-state index is -0.503. The van der Waals surface area contributed by atoms with Crippen molar-refractivity contribution >= 4 is 33.4 Å². The molecular weight excluding hydrogens is 809 g/mol. The van der Waals surface area contributed by atoms with Crippen LogP contribution in [0.3, 0.4) is 0 Å². The first-order chi connectivity index (χ1) is 30.5. The molecule has 0 radical (unpaired) electrons. The Morgan fingerprint density at radius 2 is 0.984 bits per heavy atom. The molecule has 0 aliphatic heterocycles. The van der Waals surface area contributed by atoms with Crippen molar-refractivity contribution in [3.05, 3.63) is 48.1 Å². The molecule has 1 aromatic carbocycles. The second-order valence-electron chi connectivity index (χ2n) is 17.0. The third-order valence-electron chi connectivity index (χ3n) is 11.1. The predicted molar refractivity (Wildman–Crippen MR) is 273 cm³/mol. The Balaban J connectivity index is 2.40. The zero-order valence-electron chi connectivity index (χ0n) is 39.9. The maximum atomic E-state index is 13.1. The standard InChI is InChI=1S/C52H94N4O4S2/c1-3-5-7-9-11-13-15-17-19-21-23-25-27-29-31-33-42-59-49-38-37-47(51(57)55-40-44-61-62-45-41-56-52(58)48(54)36-35-39-53)46-50(49)60-43-34-32-30-28-26-24-22-20-18-16-14-12-10-8-6-4-2/h17-20,37-38,46,48H,3-16,21-36,39-45,53-54H2,1-2H3,(H,55,57)(H,56,58)/b19-17-,20-18-/t48-/m0/s1. The highest BCUT2D eigenvalue weighted by molar-refractivity contribution is 8.76. The molecule has 1 aromatic rings. The van der Waals surface area contributed by atoms with Crippen molar-refractivity contribution < 1.29 is 19.1 Å². The zero-order valence-corrected chi connectivity index (χ0v) is 41.5. The molecule has 0 bridgehead atoms. The van der Waals surface area contributed by atoms with Gasteiger partial charge in [-0.15, -0.1) is 0 Å². The van der Waals surface area contributed by atoms with Gasteiger partial charge in [0.15, 0.2) is 11.5 Å². The van der Waals surface area contributed by atoms with Gasteiger partial charge in [0.2, 0.25) is 5.91 Å². The normalized spacial score (nSPS) is 12.1. The van der Waals surface area contributed by atoms with E-state index < -0.39 is 6.04 Å². The number of nitrogens with two attached hydrogens (primary N) is 2. The number of benzene rings is 1. The maximum absolute atomic E-state index is 13.1. The summed E-state index contributed by atoms with van der Waals surface area (Å²) in [5.41, 5.74) is 12.0. The van der Waals surface area contributed by atoms with Gasteiger partial charge in [-0.05, 0) is 102 Å².